The minimum Gasteiger partial charge on any atom is -0.314 e. The molecule has 0 radical (unpaired) electrons. The molecule has 4 heteroatoms. The summed E-state index contributed by atoms with van der Waals surface area (Å²) in [5.74, 6) is 1.48. The van der Waals surface area contributed by atoms with E-state index in [0.717, 1.165) is 18.5 Å². The van der Waals surface area contributed by atoms with Crippen LogP contribution in [-0.4, -0.2) is 35.6 Å². The van der Waals surface area contributed by atoms with E-state index in [1.54, 1.807) is 0 Å². The molecule has 3 rings (SSSR count). The molecule has 0 aliphatic carbocycles. The molecule has 2 aliphatic heterocycles. The van der Waals surface area contributed by atoms with Gasteiger partial charge in [0.1, 0.15) is 0 Å². The summed E-state index contributed by atoms with van der Waals surface area (Å²) < 4.78 is 0. The van der Waals surface area contributed by atoms with Gasteiger partial charge in [0.2, 0.25) is 0 Å². The van der Waals surface area contributed by atoms with Crippen LogP contribution in [0.5, 0.6) is 0 Å². The molecule has 1 unspecified atom stereocenters. The Hall–Kier alpha value is -0.450. The van der Waals surface area contributed by atoms with Crippen LogP contribution >= 0.6 is 11.3 Å². The molecule has 1 aromatic rings. The smallest absolute Gasteiger partial charge is 0.0954 e. The van der Waals surface area contributed by atoms with Crippen molar-refractivity contribution in [3.05, 3.63) is 16.1 Å². The van der Waals surface area contributed by atoms with E-state index in [1.165, 1.54) is 56.0 Å². The molecule has 20 heavy (non-hydrogen) atoms. The lowest BCUT2D eigenvalue weighted by Crippen LogP contribution is -2.40. The second-order valence-electron chi connectivity index (χ2n) is 6.65. The molecule has 0 amide bonds. The van der Waals surface area contributed by atoms with Gasteiger partial charge in [-0.15, -0.1) is 11.3 Å². The van der Waals surface area contributed by atoms with Gasteiger partial charge in [0.25, 0.3) is 0 Å². The maximum absolute atomic E-state index is 4.76. The zero-order valence-corrected chi connectivity index (χ0v) is 13.6. The Balaban J connectivity index is 1.48. The first-order valence-electron chi connectivity index (χ1n) is 8.12. The van der Waals surface area contributed by atoms with E-state index in [-0.39, 0.29) is 0 Å². The standard InChI is InChI=1S/C16H27N3S/c1-12(2)16-18-14(11-20-16)10-19-8-5-13(6-9-19)15-4-3-7-17-15/h11-13,15,17H,3-10H2,1-2H3. The molecule has 3 nitrogen and oxygen atoms in total. The van der Waals surface area contributed by atoms with Crippen molar-refractivity contribution in [1.29, 1.82) is 0 Å². The highest BCUT2D eigenvalue weighted by Crippen LogP contribution is 2.27. The first kappa shape index (κ1) is 14.5. The van der Waals surface area contributed by atoms with Gasteiger partial charge in [0, 0.05) is 23.9 Å². The van der Waals surface area contributed by atoms with Crippen LogP contribution in [0, 0.1) is 5.92 Å². The predicted molar refractivity (Wildman–Crippen MR) is 85.2 cm³/mol. The van der Waals surface area contributed by atoms with Crippen LogP contribution in [0.25, 0.3) is 0 Å². The summed E-state index contributed by atoms with van der Waals surface area (Å²) in [6.07, 6.45) is 5.49. The quantitative estimate of drug-likeness (QED) is 0.924. The van der Waals surface area contributed by atoms with Crippen LogP contribution in [0.3, 0.4) is 0 Å². The largest absolute Gasteiger partial charge is 0.314 e. The third kappa shape index (κ3) is 3.41. The number of rotatable bonds is 4. The summed E-state index contributed by atoms with van der Waals surface area (Å²) in [6, 6.07) is 0.809. The number of hydrogen-bond donors (Lipinski definition) is 1. The molecule has 2 aliphatic rings. The number of likely N-dealkylation sites (tertiary alicyclic amines) is 1. The fourth-order valence-corrected chi connectivity index (χ4v) is 4.34. The van der Waals surface area contributed by atoms with E-state index in [0.29, 0.717) is 5.92 Å². The average molecular weight is 293 g/mol. The van der Waals surface area contributed by atoms with E-state index < -0.39 is 0 Å². The van der Waals surface area contributed by atoms with E-state index in [1.807, 2.05) is 11.3 Å². The van der Waals surface area contributed by atoms with Crippen LogP contribution in [0.1, 0.15) is 56.2 Å². The average Bonchev–Trinajstić information content (AvgIpc) is 3.10. The van der Waals surface area contributed by atoms with Gasteiger partial charge in [-0.25, -0.2) is 4.98 Å². The third-order valence-electron chi connectivity index (χ3n) is 4.75. The molecule has 0 spiro atoms. The van der Waals surface area contributed by atoms with E-state index >= 15 is 0 Å². The van der Waals surface area contributed by atoms with Crippen molar-refractivity contribution in [2.75, 3.05) is 19.6 Å². The van der Waals surface area contributed by atoms with Gasteiger partial charge in [-0.3, -0.25) is 4.90 Å². The zero-order valence-electron chi connectivity index (χ0n) is 12.8. The highest BCUT2D eigenvalue weighted by Gasteiger charge is 2.28. The van der Waals surface area contributed by atoms with Crippen LogP contribution in [-0.2, 0) is 6.54 Å². The molecule has 0 saturated carbocycles. The normalized spacial score (nSPS) is 25.6. The highest BCUT2D eigenvalue weighted by molar-refractivity contribution is 7.09. The van der Waals surface area contributed by atoms with E-state index in [9.17, 15) is 0 Å². The number of piperidine rings is 1. The second-order valence-corrected chi connectivity index (χ2v) is 7.54. The van der Waals surface area contributed by atoms with Crippen molar-refractivity contribution in [3.8, 4) is 0 Å². The summed E-state index contributed by atoms with van der Waals surface area (Å²) >= 11 is 1.82. The fraction of sp³-hybridized carbons (Fsp3) is 0.812. The molecule has 0 aromatic carbocycles. The number of hydrogen-bond acceptors (Lipinski definition) is 4. The van der Waals surface area contributed by atoms with Crippen molar-refractivity contribution in [2.24, 2.45) is 5.92 Å². The second kappa shape index (κ2) is 6.54. The Morgan fingerprint density at radius 2 is 2.15 bits per heavy atom. The van der Waals surface area contributed by atoms with Crippen molar-refractivity contribution in [2.45, 2.75) is 58.0 Å². The summed E-state index contributed by atoms with van der Waals surface area (Å²) in [5, 5.41) is 7.21. The molecule has 1 aromatic heterocycles. The van der Waals surface area contributed by atoms with E-state index in [4.69, 9.17) is 4.98 Å². The maximum atomic E-state index is 4.76. The Kier molecular flexibility index (Phi) is 4.74. The van der Waals surface area contributed by atoms with Crippen molar-refractivity contribution < 1.29 is 0 Å². The summed E-state index contributed by atoms with van der Waals surface area (Å²) in [6.45, 7) is 9.23. The SMILES string of the molecule is CC(C)c1nc(CN2CCC(C3CCCN3)CC2)cs1. The Morgan fingerprint density at radius 3 is 2.75 bits per heavy atom. The van der Waals surface area contributed by atoms with Crippen molar-refractivity contribution >= 4 is 11.3 Å². The Labute approximate surface area is 126 Å². The molecule has 2 fully saturated rings. The lowest BCUT2D eigenvalue weighted by molar-refractivity contribution is 0.156. The van der Waals surface area contributed by atoms with Gasteiger partial charge in [0.15, 0.2) is 0 Å². The summed E-state index contributed by atoms with van der Waals surface area (Å²) in [7, 11) is 0. The number of nitrogens with zero attached hydrogens (tertiary/aromatic N) is 2. The van der Waals surface area contributed by atoms with E-state index in [2.05, 4.69) is 29.4 Å². The highest BCUT2D eigenvalue weighted by atomic mass is 32.1. The lowest BCUT2D eigenvalue weighted by Gasteiger charge is -2.34. The summed E-state index contributed by atoms with van der Waals surface area (Å²) in [4.78, 5) is 7.35. The van der Waals surface area contributed by atoms with Crippen molar-refractivity contribution in [1.82, 2.24) is 15.2 Å². The maximum Gasteiger partial charge on any atom is 0.0954 e. The Bertz CT molecular complexity index is 415. The Morgan fingerprint density at radius 1 is 1.35 bits per heavy atom. The topological polar surface area (TPSA) is 28.2 Å². The molecular formula is C16H27N3S. The fourth-order valence-electron chi connectivity index (χ4n) is 3.52. The van der Waals surface area contributed by atoms with Gasteiger partial charge in [0.05, 0.1) is 10.7 Å². The van der Waals surface area contributed by atoms with Gasteiger partial charge in [-0.1, -0.05) is 13.8 Å². The summed E-state index contributed by atoms with van der Waals surface area (Å²) in [5.41, 5.74) is 1.27. The van der Waals surface area contributed by atoms with Gasteiger partial charge in [-0.2, -0.15) is 0 Å². The molecule has 1 atom stereocenters. The van der Waals surface area contributed by atoms with Crippen LogP contribution in [0.15, 0.2) is 5.38 Å². The number of aromatic nitrogens is 1. The molecule has 112 valence electrons. The number of nitrogens with one attached hydrogen (secondary N) is 1. The molecule has 0 bridgehead atoms. The molecular weight excluding hydrogens is 266 g/mol. The molecule has 2 saturated heterocycles. The predicted octanol–water partition coefficient (Wildman–Crippen LogP) is 3.23. The van der Waals surface area contributed by atoms with Gasteiger partial charge >= 0.3 is 0 Å². The lowest BCUT2D eigenvalue weighted by atomic mass is 9.88. The first-order chi connectivity index (χ1) is 9.72. The number of thiazole rings is 1. The zero-order chi connectivity index (χ0) is 13.9. The molecule has 3 heterocycles. The van der Waals surface area contributed by atoms with Gasteiger partial charge < -0.3 is 5.32 Å². The van der Waals surface area contributed by atoms with Crippen LogP contribution in [0.4, 0.5) is 0 Å². The minimum absolute atomic E-state index is 0.563. The monoisotopic (exact) mass is 293 g/mol. The van der Waals surface area contributed by atoms with Crippen LogP contribution < -0.4 is 5.32 Å². The van der Waals surface area contributed by atoms with Crippen LogP contribution in [0.2, 0.25) is 0 Å². The molecule has 1 N–H and O–H groups in total. The third-order valence-corrected chi connectivity index (χ3v) is 5.94. The van der Waals surface area contributed by atoms with Crippen molar-refractivity contribution in [3.63, 3.8) is 0 Å². The van der Waals surface area contributed by atoms with Gasteiger partial charge in [-0.05, 0) is 51.2 Å². The first-order valence-corrected chi connectivity index (χ1v) is 9.00. The minimum atomic E-state index is 0.563.